The van der Waals surface area contributed by atoms with Gasteiger partial charge in [-0.1, -0.05) is 18.2 Å². The lowest BCUT2D eigenvalue weighted by Crippen LogP contribution is -2.18. The molecule has 2 aromatic heterocycles. The molecule has 3 rings (SSSR count). The Hall–Kier alpha value is -3.15. The number of ether oxygens (including phenoxy) is 2. The second kappa shape index (κ2) is 7.82. The zero-order valence-corrected chi connectivity index (χ0v) is 14.8. The molecule has 6 heteroatoms. The van der Waals surface area contributed by atoms with Crippen LogP contribution < -0.4 is 10.3 Å². The maximum absolute atomic E-state index is 12.2. The van der Waals surface area contributed by atoms with Gasteiger partial charge in [-0.15, -0.1) is 0 Å². The van der Waals surface area contributed by atoms with Gasteiger partial charge >= 0.3 is 5.97 Å². The van der Waals surface area contributed by atoms with Crippen LogP contribution in [0.2, 0.25) is 0 Å². The van der Waals surface area contributed by atoms with E-state index >= 15 is 0 Å². The van der Waals surface area contributed by atoms with Crippen LogP contribution in [0.4, 0.5) is 0 Å². The first kappa shape index (κ1) is 17.7. The van der Waals surface area contributed by atoms with E-state index in [9.17, 15) is 9.59 Å². The summed E-state index contributed by atoms with van der Waals surface area (Å²) in [7, 11) is 1.61. The Morgan fingerprint density at radius 1 is 1.15 bits per heavy atom. The number of benzene rings is 1. The van der Waals surface area contributed by atoms with Crippen LogP contribution in [-0.4, -0.2) is 22.5 Å². The Balaban J connectivity index is 1.59. The van der Waals surface area contributed by atoms with Gasteiger partial charge in [0.25, 0.3) is 5.56 Å². The maximum Gasteiger partial charge on any atom is 0.306 e. The molecular formula is C20H20N2O4. The van der Waals surface area contributed by atoms with Gasteiger partial charge in [0.15, 0.2) is 0 Å². The van der Waals surface area contributed by atoms with Crippen molar-refractivity contribution in [1.82, 2.24) is 9.38 Å². The first-order chi connectivity index (χ1) is 12.6. The van der Waals surface area contributed by atoms with Crippen LogP contribution in [0, 0.1) is 6.92 Å². The van der Waals surface area contributed by atoms with E-state index < -0.39 is 0 Å². The minimum atomic E-state index is -0.327. The molecular weight excluding hydrogens is 332 g/mol. The van der Waals surface area contributed by atoms with Crippen LogP contribution >= 0.6 is 0 Å². The third kappa shape index (κ3) is 4.08. The number of hydrogen-bond acceptors (Lipinski definition) is 5. The summed E-state index contributed by atoms with van der Waals surface area (Å²) in [5, 5.41) is 0. The fourth-order valence-electron chi connectivity index (χ4n) is 2.70. The number of hydrogen-bond donors (Lipinski definition) is 0. The molecule has 0 spiro atoms. The fourth-order valence-corrected chi connectivity index (χ4v) is 2.70. The smallest absolute Gasteiger partial charge is 0.306 e. The molecule has 0 aliphatic rings. The standard InChI is InChI=1S/C20H20N2O4/c1-14-4-3-5-18-21-16(12-19(23)22(14)18)13-26-20(24)11-8-15-6-9-17(25-2)10-7-15/h3-7,9-10,12H,8,11,13H2,1-2H3. The summed E-state index contributed by atoms with van der Waals surface area (Å²) in [6.45, 7) is 1.83. The quantitative estimate of drug-likeness (QED) is 0.638. The number of esters is 1. The van der Waals surface area contributed by atoms with Crippen molar-refractivity contribution >= 4 is 11.6 Å². The van der Waals surface area contributed by atoms with E-state index in [0.29, 0.717) is 17.8 Å². The van der Waals surface area contributed by atoms with Crippen LogP contribution in [-0.2, 0) is 22.6 Å². The minimum absolute atomic E-state index is 0.0128. The van der Waals surface area contributed by atoms with Gasteiger partial charge in [0.2, 0.25) is 0 Å². The van der Waals surface area contributed by atoms with E-state index in [0.717, 1.165) is 17.0 Å². The molecule has 0 unspecified atom stereocenters. The van der Waals surface area contributed by atoms with Gasteiger partial charge in [-0.05, 0) is 43.2 Å². The molecule has 0 amide bonds. The summed E-state index contributed by atoms with van der Waals surface area (Å²) in [4.78, 5) is 28.5. The minimum Gasteiger partial charge on any atom is -0.497 e. The number of carbonyl (C=O) groups is 1. The zero-order chi connectivity index (χ0) is 18.5. The molecule has 1 aromatic carbocycles. The van der Waals surface area contributed by atoms with Crippen molar-refractivity contribution < 1.29 is 14.3 Å². The van der Waals surface area contributed by atoms with Gasteiger partial charge < -0.3 is 9.47 Å². The van der Waals surface area contributed by atoms with Gasteiger partial charge in [-0.2, -0.15) is 0 Å². The van der Waals surface area contributed by atoms with E-state index in [4.69, 9.17) is 9.47 Å². The molecule has 0 atom stereocenters. The van der Waals surface area contributed by atoms with Crippen molar-refractivity contribution in [3.63, 3.8) is 0 Å². The molecule has 26 heavy (non-hydrogen) atoms. The van der Waals surface area contributed by atoms with Crippen LogP contribution in [0.15, 0.2) is 53.3 Å². The SMILES string of the molecule is COc1ccc(CCC(=O)OCc2cc(=O)n3c(C)cccc3n2)cc1. The summed E-state index contributed by atoms with van der Waals surface area (Å²) in [5.74, 6) is 0.451. The molecule has 0 aliphatic carbocycles. The van der Waals surface area contributed by atoms with Crippen LogP contribution in [0.25, 0.3) is 5.65 Å². The third-order valence-corrected chi connectivity index (χ3v) is 4.09. The van der Waals surface area contributed by atoms with E-state index in [-0.39, 0.29) is 24.6 Å². The van der Waals surface area contributed by atoms with Crippen LogP contribution in [0.1, 0.15) is 23.4 Å². The predicted octanol–water partition coefficient (Wildman–Crippen LogP) is 2.69. The number of pyridine rings is 1. The summed E-state index contributed by atoms with van der Waals surface area (Å²) < 4.78 is 11.9. The van der Waals surface area contributed by atoms with Gasteiger partial charge in [0, 0.05) is 18.2 Å². The summed E-state index contributed by atoms with van der Waals surface area (Å²) in [6, 6.07) is 14.4. The van der Waals surface area contributed by atoms with E-state index in [1.54, 1.807) is 13.2 Å². The molecule has 6 nitrogen and oxygen atoms in total. The largest absolute Gasteiger partial charge is 0.497 e. The first-order valence-corrected chi connectivity index (χ1v) is 8.33. The van der Waals surface area contributed by atoms with Crippen molar-refractivity contribution in [2.75, 3.05) is 7.11 Å². The lowest BCUT2D eigenvalue weighted by atomic mass is 10.1. The average molecular weight is 352 g/mol. The van der Waals surface area contributed by atoms with Crippen molar-refractivity contribution in [2.24, 2.45) is 0 Å². The van der Waals surface area contributed by atoms with Gasteiger partial charge in [0.1, 0.15) is 18.0 Å². The highest BCUT2D eigenvalue weighted by Crippen LogP contribution is 2.13. The maximum atomic E-state index is 12.2. The Bertz CT molecular complexity index is 977. The highest BCUT2D eigenvalue weighted by Gasteiger charge is 2.08. The molecule has 0 N–H and O–H groups in total. The molecule has 3 aromatic rings. The lowest BCUT2D eigenvalue weighted by Gasteiger charge is -2.08. The Morgan fingerprint density at radius 2 is 1.92 bits per heavy atom. The Kier molecular flexibility index (Phi) is 5.31. The normalized spacial score (nSPS) is 10.7. The second-order valence-corrected chi connectivity index (χ2v) is 5.96. The lowest BCUT2D eigenvalue weighted by molar-refractivity contribution is -0.145. The average Bonchev–Trinajstić information content (AvgIpc) is 2.65. The molecule has 0 aliphatic heterocycles. The third-order valence-electron chi connectivity index (χ3n) is 4.09. The van der Waals surface area contributed by atoms with E-state index in [2.05, 4.69) is 4.98 Å². The molecule has 0 radical (unpaired) electrons. The van der Waals surface area contributed by atoms with Gasteiger partial charge in [-0.3, -0.25) is 14.0 Å². The van der Waals surface area contributed by atoms with Crippen molar-refractivity contribution in [3.05, 3.63) is 75.8 Å². The topological polar surface area (TPSA) is 69.9 Å². The van der Waals surface area contributed by atoms with Crippen molar-refractivity contribution in [2.45, 2.75) is 26.4 Å². The monoisotopic (exact) mass is 352 g/mol. The van der Waals surface area contributed by atoms with E-state index in [1.807, 2.05) is 43.3 Å². The number of nitrogens with zero attached hydrogens (tertiary/aromatic N) is 2. The van der Waals surface area contributed by atoms with Crippen LogP contribution in [0.5, 0.6) is 5.75 Å². The Morgan fingerprint density at radius 3 is 2.65 bits per heavy atom. The highest BCUT2D eigenvalue weighted by atomic mass is 16.5. The Labute approximate surface area is 151 Å². The van der Waals surface area contributed by atoms with E-state index in [1.165, 1.54) is 10.5 Å². The number of aryl methyl sites for hydroxylation is 2. The number of carbonyl (C=O) groups excluding carboxylic acids is 1. The molecule has 134 valence electrons. The highest BCUT2D eigenvalue weighted by molar-refractivity contribution is 5.69. The van der Waals surface area contributed by atoms with Gasteiger partial charge in [-0.25, -0.2) is 4.98 Å². The second-order valence-electron chi connectivity index (χ2n) is 5.96. The molecule has 0 bridgehead atoms. The van der Waals surface area contributed by atoms with Crippen molar-refractivity contribution in [1.29, 1.82) is 0 Å². The number of rotatable bonds is 6. The number of fused-ring (bicyclic) bond motifs is 1. The van der Waals surface area contributed by atoms with Crippen LogP contribution in [0.3, 0.4) is 0 Å². The first-order valence-electron chi connectivity index (χ1n) is 8.33. The number of methoxy groups -OCH3 is 1. The fraction of sp³-hybridized carbons (Fsp3) is 0.250. The molecule has 0 saturated carbocycles. The van der Waals surface area contributed by atoms with Gasteiger partial charge in [0.05, 0.1) is 12.8 Å². The molecule has 2 heterocycles. The molecule has 0 saturated heterocycles. The summed E-state index contributed by atoms with van der Waals surface area (Å²) in [5.41, 5.74) is 2.64. The number of aromatic nitrogens is 2. The predicted molar refractivity (Wildman–Crippen MR) is 97.3 cm³/mol. The molecule has 0 fully saturated rings. The summed E-state index contributed by atoms with van der Waals surface area (Å²) in [6.07, 6.45) is 0.841. The summed E-state index contributed by atoms with van der Waals surface area (Å²) >= 11 is 0. The zero-order valence-electron chi connectivity index (χ0n) is 14.8. The van der Waals surface area contributed by atoms with Crippen molar-refractivity contribution in [3.8, 4) is 5.75 Å².